The van der Waals surface area contributed by atoms with Gasteiger partial charge < -0.3 is 65.1 Å². The molecule has 0 bridgehead atoms. The Morgan fingerprint density at radius 1 is 0.514 bits per heavy atom. The summed E-state index contributed by atoms with van der Waals surface area (Å²) in [4.78, 5) is 13.2. The second-order valence-electron chi connectivity index (χ2n) is 19.3. The van der Waals surface area contributed by atoms with Crippen LogP contribution in [0.2, 0.25) is 0 Å². The van der Waals surface area contributed by atoms with Crippen LogP contribution in [0.15, 0.2) is 60.8 Å². The van der Waals surface area contributed by atoms with Crippen molar-refractivity contribution in [3.8, 4) is 0 Å². The summed E-state index contributed by atoms with van der Waals surface area (Å²) in [5.41, 5.74) is 0. The summed E-state index contributed by atoms with van der Waals surface area (Å²) in [7, 11) is 0. The van der Waals surface area contributed by atoms with Crippen molar-refractivity contribution in [2.24, 2.45) is 0 Å². The maximum atomic E-state index is 13.2. The number of amides is 1. The number of unbranched alkanes of at least 4 members (excludes halogenated alkanes) is 21. The molecule has 70 heavy (non-hydrogen) atoms. The van der Waals surface area contributed by atoms with Gasteiger partial charge in [0.1, 0.15) is 48.8 Å². The van der Waals surface area contributed by atoms with E-state index in [2.05, 4.69) is 67.8 Å². The molecular formula is C56H99NO13. The highest BCUT2D eigenvalue weighted by atomic mass is 16.7. The SMILES string of the molecule is CCCCCC/C=C\C/C=C\CCCCCCCC(=O)NC(COC1OC(CO)C(OC2OC(CO)C(O)C(O)C2O)C(O)C1O)C(O)/C=C/CC/C=C/CC/C=C/CCCCCCCCCCCC. The Kier molecular flexibility index (Phi) is 38.4. The standard InChI is InChI=1S/C56H99NO13/c1-3-5-7-9-11-13-15-17-19-21-22-23-24-25-27-29-31-33-35-37-39-45(60)44(57-48(61)40-38-36-34-32-30-28-26-20-18-16-14-12-10-8-6-4-2)43-67-55-53(66)51(64)54(47(42-59)69-55)70-56-52(65)50(63)49(62)46(41-58)68-56/h14,16,20,23-24,26,29,31,37,39,44-47,49-56,58-60,62-66H,3-13,15,17-19,21-22,25,27-28,30,32-36,38,40-43H2,1-2H3,(H,57,61)/b16-14-,24-23+,26-20-,31-29+,39-37+. The minimum atomic E-state index is -1.80. The van der Waals surface area contributed by atoms with E-state index in [0.717, 1.165) is 70.6 Å². The fourth-order valence-electron chi connectivity index (χ4n) is 8.65. The summed E-state index contributed by atoms with van der Waals surface area (Å²) >= 11 is 0. The summed E-state index contributed by atoms with van der Waals surface area (Å²) in [6.45, 7) is 2.73. The van der Waals surface area contributed by atoms with Crippen LogP contribution < -0.4 is 5.32 Å². The van der Waals surface area contributed by atoms with Crippen LogP contribution in [-0.4, -0.2) is 140 Å². The van der Waals surface area contributed by atoms with E-state index in [1.807, 2.05) is 6.08 Å². The summed E-state index contributed by atoms with van der Waals surface area (Å²) in [6, 6.07) is -0.947. The van der Waals surface area contributed by atoms with Gasteiger partial charge in [0, 0.05) is 6.42 Å². The van der Waals surface area contributed by atoms with Gasteiger partial charge in [0.15, 0.2) is 12.6 Å². The molecule has 0 aromatic heterocycles. The minimum Gasteiger partial charge on any atom is -0.394 e. The average Bonchev–Trinajstić information content (AvgIpc) is 3.36. The van der Waals surface area contributed by atoms with Gasteiger partial charge in [-0.1, -0.05) is 171 Å². The number of carbonyl (C=O) groups is 1. The smallest absolute Gasteiger partial charge is 0.220 e. The van der Waals surface area contributed by atoms with Crippen LogP contribution in [0.5, 0.6) is 0 Å². The molecule has 2 aliphatic heterocycles. The van der Waals surface area contributed by atoms with E-state index in [9.17, 15) is 45.6 Å². The predicted octanol–water partition coefficient (Wildman–Crippen LogP) is 8.22. The molecule has 0 aromatic carbocycles. The molecule has 0 spiro atoms. The summed E-state index contributed by atoms with van der Waals surface area (Å²) in [6.07, 6.45) is 35.4. The van der Waals surface area contributed by atoms with Crippen LogP contribution in [0.1, 0.15) is 194 Å². The van der Waals surface area contributed by atoms with E-state index in [-0.39, 0.29) is 18.9 Å². The molecule has 12 unspecified atom stereocenters. The first kappa shape index (κ1) is 63.8. The fraction of sp³-hybridized carbons (Fsp3) is 0.804. The maximum absolute atomic E-state index is 13.2. The molecule has 2 fully saturated rings. The number of hydrogen-bond acceptors (Lipinski definition) is 13. The van der Waals surface area contributed by atoms with Crippen molar-refractivity contribution >= 4 is 5.91 Å². The molecule has 14 nitrogen and oxygen atoms in total. The van der Waals surface area contributed by atoms with Gasteiger partial charge in [-0.05, 0) is 77.0 Å². The van der Waals surface area contributed by atoms with Gasteiger partial charge >= 0.3 is 0 Å². The van der Waals surface area contributed by atoms with Crippen molar-refractivity contribution in [1.82, 2.24) is 5.32 Å². The Balaban J connectivity index is 1.85. The Morgan fingerprint density at radius 2 is 0.957 bits per heavy atom. The third-order valence-corrected chi connectivity index (χ3v) is 13.2. The molecule has 0 aliphatic carbocycles. The lowest BCUT2D eigenvalue weighted by Gasteiger charge is -2.46. The van der Waals surface area contributed by atoms with Crippen molar-refractivity contribution < 1.29 is 64.6 Å². The minimum absolute atomic E-state index is 0.252. The number of ether oxygens (including phenoxy) is 4. The number of carbonyl (C=O) groups excluding carboxylic acids is 1. The number of aliphatic hydroxyl groups excluding tert-OH is 8. The monoisotopic (exact) mass is 994 g/mol. The second-order valence-corrected chi connectivity index (χ2v) is 19.3. The largest absolute Gasteiger partial charge is 0.394 e. The third kappa shape index (κ3) is 28.2. The van der Waals surface area contributed by atoms with Gasteiger partial charge in [0.25, 0.3) is 0 Å². The Hall–Kier alpha value is -2.31. The highest BCUT2D eigenvalue weighted by molar-refractivity contribution is 5.76. The summed E-state index contributed by atoms with van der Waals surface area (Å²) in [5.74, 6) is -0.269. The number of allylic oxidation sites excluding steroid dienone is 9. The molecule has 0 saturated carbocycles. The van der Waals surface area contributed by atoms with Crippen molar-refractivity contribution in [3.05, 3.63) is 60.8 Å². The third-order valence-electron chi connectivity index (χ3n) is 13.2. The first-order valence-corrected chi connectivity index (χ1v) is 27.5. The molecule has 1 amide bonds. The van der Waals surface area contributed by atoms with Crippen molar-refractivity contribution in [3.63, 3.8) is 0 Å². The zero-order chi connectivity index (χ0) is 51.0. The normalized spacial score (nSPS) is 26.4. The first-order chi connectivity index (χ1) is 34.1. The van der Waals surface area contributed by atoms with Crippen LogP contribution in [-0.2, 0) is 23.7 Å². The predicted molar refractivity (Wildman–Crippen MR) is 277 cm³/mol. The van der Waals surface area contributed by atoms with E-state index in [1.54, 1.807) is 6.08 Å². The highest BCUT2D eigenvalue weighted by Gasteiger charge is 2.51. The van der Waals surface area contributed by atoms with Crippen LogP contribution in [0.25, 0.3) is 0 Å². The van der Waals surface area contributed by atoms with Crippen molar-refractivity contribution in [2.75, 3.05) is 19.8 Å². The summed E-state index contributed by atoms with van der Waals surface area (Å²) < 4.78 is 22.7. The lowest BCUT2D eigenvalue weighted by Crippen LogP contribution is -2.65. The zero-order valence-electron chi connectivity index (χ0n) is 43.2. The Bertz CT molecular complexity index is 1410. The average molecular weight is 994 g/mol. The van der Waals surface area contributed by atoms with E-state index in [1.165, 1.54) is 89.9 Å². The first-order valence-electron chi connectivity index (χ1n) is 27.5. The van der Waals surface area contributed by atoms with Gasteiger partial charge in [0.05, 0.1) is 32.0 Å². The quantitative estimate of drug-likeness (QED) is 0.0208. The Morgan fingerprint density at radius 3 is 1.50 bits per heavy atom. The van der Waals surface area contributed by atoms with Crippen LogP contribution in [0, 0.1) is 0 Å². The molecule has 9 N–H and O–H groups in total. The molecule has 2 aliphatic rings. The van der Waals surface area contributed by atoms with Gasteiger partial charge in [-0.3, -0.25) is 4.79 Å². The van der Waals surface area contributed by atoms with Crippen molar-refractivity contribution in [1.29, 1.82) is 0 Å². The zero-order valence-corrected chi connectivity index (χ0v) is 43.2. The topological polar surface area (TPSA) is 228 Å². The van der Waals surface area contributed by atoms with Gasteiger partial charge in [-0.25, -0.2) is 0 Å². The molecule has 12 atom stereocenters. The van der Waals surface area contributed by atoms with Crippen LogP contribution >= 0.6 is 0 Å². The number of aliphatic hydroxyl groups is 8. The summed E-state index contributed by atoms with van der Waals surface area (Å²) in [5, 5.41) is 86.9. The van der Waals surface area contributed by atoms with E-state index in [4.69, 9.17) is 18.9 Å². The lowest BCUT2D eigenvalue weighted by molar-refractivity contribution is -0.359. The lowest BCUT2D eigenvalue weighted by atomic mass is 9.97. The van der Waals surface area contributed by atoms with Gasteiger partial charge in [0.2, 0.25) is 5.91 Å². The van der Waals surface area contributed by atoms with Crippen LogP contribution in [0.4, 0.5) is 0 Å². The molecule has 0 aromatic rings. The second kappa shape index (κ2) is 42.1. The van der Waals surface area contributed by atoms with Gasteiger partial charge in [-0.15, -0.1) is 0 Å². The maximum Gasteiger partial charge on any atom is 0.220 e. The number of hydrogen-bond donors (Lipinski definition) is 9. The molecule has 406 valence electrons. The fourth-order valence-corrected chi connectivity index (χ4v) is 8.65. The molecule has 2 rings (SSSR count). The Labute approximate surface area is 422 Å². The van der Waals surface area contributed by atoms with E-state index in [0.29, 0.717) is 12.8 Å². The van der Waals surface area contributed by atoms with E-state index < -0.39 is 86.8 Å². The molecular weight excluding hydrogens is 895 g/mol. The molecule has 14 heteroatoms. The van der Waals surface area contributed by atoms with Gasteiger partial charge in [-0.2, -0.15) is 0 Å². The molecule has 2 saturated heterocycles. The molecule has 2 heterocycles. The van der Waals surface area contributed by atoms with Crippen molar-refractivity contribution in [2.45, 2.75) is 267 Å². The van der Waals surface area contributed by atoms with E-state index >= 15 is 0 Å². The molecule has 0 radical (unpaired) electrons. The number of nitrogens with one attached hydrogen (secondary N) is 1. The highest BCUT2D eigenvalue weighted by Crippen LogP contribution is 2.30. The number of rotatable bonds is 42. The van der Waals surface area contributed by atoms with Crippen LogP contribution in [0.3, 0.4) is 0 Å².